The summed E-state index contributed by atoms with van der Waals surface area (Å²) < 4.78 is 11.4. The van der Waals surface area contributed by atoms with Crippen LogP contribution in [-0.2, 0) is 13.1 Å². The first kappa shape index (κ1) is 20.8. The molecule has 0 saturated carbocycles. The number of para-hydroxylation sites is 1. The summed E-state index contributed by atoms with van der Waals surface area (Å²) >= 11 is 0. The molecule has 0 aliphatic rings. The standard InChI is InChI=1S/C21H32N4O2/c1-7-22-20(24-14-17-12-18(15(2)3)25-27-17)23-13-16-10-8-9-11-19(16)26-21(4,5)6/h8-12,15H,7,13-14H2,1-6H3,(H2,22,23,24). The lowest BCUT2D eigenvalue weighted by Gasteiger charge is -2.23. The maximum Gasteiger partial charge on any atom is 0.191 e. The van der Waals surface area contributed by atoms with E-state index in [9.17, 15) is 0 Å². The molecule has 27 heavy (non-hydrogen) atoms. The predicted octanol–water partition coefficient (Wildman–Crippen LogP) is 4.23. The van der Waals surface area contributed by atoms with Crippen LogP contribution in [0.2, 0.25) is 0 Å². The third kappa shape index (κ3) is 6.96. The second kappa shape index (κ2) is 9.44. The van der Waals surface area contributed by atoms with Crippen molar-refractivity contribution in [2.45, 2.75) is 66.2 Å². The SMILES string of the molecule is CCNC(=NCc1ccccc1OC(C)(C)C)NCc1cc(C(C)C)no1. The molecule has 0 fully saturated rings. The molecular formula is C21H32N4O2. The van der Waals surface area contributed by atoms with E-state index in [1.807, 2.05) is 58.0 Å². The highest BCUT2D eigenvalue weighted by Crippen LogP contribution is 2.23. The van der Waals surface area contributed by atoms with Crippen molar-refractivity contribution in [2.24, 2.45) is 4.99 Å². The fourth-order valence-corrected chi connectivity index (χ4v) is 2.43. The van der Waals surface area contributed by atoms with Crippen LogP contribution in [0.4, 0.5) is 0 Å². The van der Waals surface area contributed by atoms with Gasteiger partial charge in [0, 0.05) is 18.2 Å². The minimum absolute atomic E-state index is 0.247. The smallest absolute Gasteiger partial charge is 0.191 e. The van der Waals surface area contributed by atoms with Crippen molar-refractivity contribution >= 4 is 5.96 Å². The predicted molar refractivity (Wildman–Crippen MR) is 109 cm³/mol. The zero-order valence-electron chi connectivity index (χ0n) is 17.3. The van der Waals surface area contributed by atoms with Gasteiger partial charge in [0.2, 0.25) is 0 Å². The average Bonchev–Trinajstić information content (AvgIpc) is 3.06. The number of rotatable bonds is 7. The summed E-state index contributed by atoms with van der Waals surface area (Å²) in [6, 6.07) is 9.99. The molecule has 0 atom stereocenters. The lowest BCUT2D eigenvalue weighted by Crippen LogP contribution is -2.36. The second-order valence-electron chi connectivity index (χ2n) is 7.74. The van der Waals surface area contributed by atoms with Gasteiger partial charge in [0.15, 0.2) is 11.7 Å². The van der Waals surface area contributed by atoms with Gasteiger partial charge in [0.1, 0.15) is 11.4 Å². The number of nitrogens with zero attached hydrogens (tertiary/aromatic N) is 2. The molecule has 2 rings (SSSR count). The van der Waals surface area contributed by atoms with Crippen molar-refractivity contribution in [3.63, 3.8) is 0 Å². The van der Waals surface area contributed by atoms with Crippen LogP contribution < -0.4 is 15.4 Å². The molecule has 1 aromatic carbocycles. The maximum atomic E-state index is 6.05. The zero-order chi connectivity index (χ0) is 19.9. The molecule has 0 saturated heterocycles. The minimum atomic E-state index is -0.247. The fraction of sp³-hybridized carbons (Fsp3) is 0.524. The number of aromatic nitrogens is 1. The molecule has 0 amide bonds. The molecule has 1 aromatic heterocycles. The van der Waals surface area contributed by atoms with Gasteiger partial charge < -0.3 is 19.9 Å². The molecule has 0 spiro atoms. The van der Waals surface area contributed by atoms with E-state index in [0.29, 0.717) is 19.0 Å². The lowest BCUT2D eigenvalue weighted by molar-refractivity contribution is 0.129. The first-order chi connectivity index (χ1) is 12.8. The van der Waals surface area contributed by atoms with Crippen molar-refractivity contribution in [1.29, 1.82) is 0 Å². The van der Waals surface area contributed by atoms with Gasteiger partial charge >= 0.3 is 0 Å². The van der Waals surface area contributed by atoms with Gasteiger partial charge in [-0.25, -0.2) is 4.99 Å². The van der Waals surface area contributed by atoms with Gasteiger partial charge in [-0.1, -0.05) is 37.2 Å². The molecule has 1 heterocycles. The Morgan fingerprint density at radius 3 is 2.59 bits per heavy atom. The largest absolute Gasteiger partial charge is 0.488 e. The van der Waals surface area contributed by atoms with Crippen molar-refractivity contribution < 1.29 is 9.26 Å². The Hall–Kier alpha value is -2.50. The quantitative estimate of drug-likeness (QED) is 0.562. The Morgan fingerprint density at radius 1 is 1.22 bits per heavy atom. The van der Waals surface area contributed by atoms with Crippen LogP contribution >= 0.6 is 0 Å². The first-order valence-corrected chi connectivity index (χ1v) is 9.53. The van der Waals surface area contributed by atoms with E-state index in [2.05, 4.69) is 34.6 Å². The van der Waals surface area contributed by atoms with E-state index in [0.717, 1.165) is 35.3 Å². The van der Waals surface area contributed by atoms with Crippen LogP contribution in [0.5, 0.6) is 5.75 Å². The molecule has 2 aromatic rings. The van der Waals surface area contributed by atoms with Crippen LogP contribution in [0.25, 0.3) is 0 Å². The second-order valence-corrected chi connectivity index (χ2v) is 7.74. The third-order valence-corrected chi connectivity index (χ3v) is 3.74. The highest BCUT2D eigenvalue weighted by atomic mass is 16.5. The molecule has 6 nitrogen and oxygen atoms in total. The Balaban J connectivity index is 2.04. The van der Waals surface area contributed by atoms with Crippen LogP contribution in [-0.4, -0.2) is 23.3 Å². The third-order valence-electron chi connectivity index (χ3n) is 3.74. The van der Waals surface area contributed by atoms with Crippen LogP contribution in [0.1, 0.15) is 64.5 Å². The molecule has 0 aliphatic carbocycles. The fourth-order valence-electron chi connectivity index (χ4n) is 2.43. The summed E-state index contributed by atoms with van der Waals surface area (Å²) in [5.74, 6) is 2.73. The van der Waals surface area contributed by atoms with Gasteiger partial charge in [-0.05, 0) is 39.7 Å². The van der Waals surface area contributed by atoms with E-state index in [-0.39, 0.29) is 5.60 Å². The van der Waals surface area contributed by atoms with Gasteiger partial charge in [-0.3, -0.25) is 0 Å². The lowest BCUT2D eigenvalue weighted by atomic mass is 10.1. The number of nitrogens with one attached hydrogen (secondary N) is 2. The number of ether oxygens (including phenoxy) is 1. The number of guanidine groups is 1. The Labute approximate surface area is 162 Å². The minimum Gasteiger partial charge on any atom is -0.488 e. The van der Waals surface area contributed by atoms with Gasteiger partial charge in [-0.2, -0.15) is 0 Å². The summed E-state index contributed by atoms with van der Waals surface area (Å²) in [5.41, 5.74) is 1.76. The average molecular weight is 373 g/mol. The van der Waals surface area contributed by atoms with Crippen LogP contribution in [0.15, 0.2) is 39.8 Å². The molecule has 0 bridgehead atoms. The molecule has 148 valence electrons. The number of hydrogen-bond donors (Lipinski definition) is 2. The molecule has 6 heteroatoms. The van der Waals surface area contributed by atoms with E-state index < -0.39 is 0 Å². The molecule has 2 N–H and O–H groups in total. The summed E-state index contributed by atoms with van der Waals surface area (Å²) in [6.45, 7) is 14.2. The van der Waals surface area contributed by atoms with Crippen molar-refractivity contribution in [2.75, 3.05) is 6.54 Å². The van der Waals surface area contributed by atoms with Gasteiger partial charge in [0.25, 0.3) is 0 Å². The Kier molecular flexibility index (Phi) is 7.28. The Morgan fingerprint density at radius 2 is 1.96 bits per heavy atom. The van der Waals surface area contributed by atoms with E-state index >= 15 is 0 Å². The van der Waals surface area contributed by atoms with Crippen LogP contribution in [0, 0.1) is 0 Å². The number of hydrogen-bond acceptors (Lipinski definition) is 4. The highest BCUT2D eigenvalue weighted by molar-refractivity contribution is 5.79. The van der Waals surface area contributed by atoms with E-state index in [1.165, 1.54) is 0 Å². The maximum absolute atomic E-state index is 6.05. The number of benzene rings is 1. The van der Waals surface area contributed by atoms with Crippen molar-refractivity contribution in [3.8, 4) is 5.75 Å². The summed E-state index contributed by atoms with van der Waals surface area (Å²) in [4.78, 5) is 4.68. The monoisotopic (exact) mass is 372 g/mol. The normalized spacial score (nSPS) is 12.3. The van der Waals surface area contributed by atoms with Crippen molar-refractivity contribution in [3.05, 3.63) is 47.3 Å². The number of aliphatic imine (C=N–C) groups is 1. The van der Waals surface area contributed by atoms with Crippen LogP contribution in [0.3, 0.4) is 0 Å². The van der Waals surface area contributed by atoms with E-state index in [1.54, 1.807) is 0 Å². The zero-order valence-corrected chi connectivity index (χ0v) is 17.3. The first-order valence-electron chi connectivity index (χ1n) is 9.53. The molecule has 0 unspecified atom stereocenters. The molecular weight excluding hydrogens is 340 g/mol. The molecule has 0 radical (unpaired) electrons. The van der Waals surface area contributed by atoms with Crippen molar-refractivity contribution in [1.82, 2.24) is 15.8 Å². The van der Waals surface area contributed by atoms with E-state index in [4.69, 9.17) is 9.26 Å². The van der Waals surface area contributed by atoms with Gasteiger partial charge in [0.05, 0.1) is 18.8 Å². The summed E-state index contributed by atoms with van der Waals surface area (Å²) in [5, 5.41) is 10.6. The topological polar surface area (TPSA) is 71.7 Å². The Bertz CT molecular complexity index is 745. The summed E-state index contributed by atoms with van der Waals surface area (Å²) in [7, 11) is 0. The summed E-state index contributed by atoms with van der Waals surface area (Å²) in [6.07, 6.45) is 0. The highest BCUT2D eigenvalue weighted by Gasteiger charge is 2.14. The van der Waals surface area contributed by atoms with Gasteiger partial charge in [-0.15, -0.1) is 0 Å². The molecule has 0 aliphatic heterocycles.